The molecule has 0 saturated heterocycles. The van der Waals surface area contributed by atoms with Gasteiger partial charge in [0, 0.05) is 13.1 Å². The van der Waals surface area contributed by atoms with Gasteiger partial charge in [-0.05, 0) is 6.42 Å². The largest absolute Gasteiger partial charge is 0.371 e. The van der Waals surface area contributed by atoms with Crippen LogP contribution in [0.2, 0.25) is 0 Å². The van der Waals surface area contributed by atoms with Crippen LogP contribution in [-0.2, 0) is 9.09 Å². The van der Waals surface area contributed by atoms with E-state index in [0.29, 0.717) is 19.7 Å². The van der Waals surface area contributed by atoms with Gasteiger partial charge in [-0.2, -0.15) is 5.26 Å². The number of hydrogen-bond acceptors (Lipinski definition) is 3. The van der Waals surface area contributed by atoms with Crippen LogP contribution in [0, 0.1) is 11.1 Å². The van der Waals surface area contributed by atoms with Crippen molar-refractivity contribution in [2.45, 2.75) is 52.9 Å². The van der Waals surface area contributed by atoms with Crippen molar-refractivity contribution in [3.63, 3.8) is 0 Å². The second-order valence-electron chi connectivity index (χ2n) is 4.01. The molecule has 0 rings (SSSR count). The molecular formula is C12H25N2O2P. The molecule has 0 aliphatic rings. The Labute approximate surface area is 105 Å². The summed E-state index contributed by atoms with van der Waals surface area (Å²) in [6.07, 6.45) is 5.58. The molecule has 0 aliphatic heterocycles. The number of nitriles is 1. The molecule has 0 bridgehead atoms. The lowest BCUT2D eigenvalue weighted by atomic mass is 10.2. The van der Waals surface area contributed by atoms with Gasteiger partial charge < -0.3 is 4.52 Å². The molecule has 100 valence electrons. The van der Waals surface area contributed by atoms with Crippen molar-refractivity contribution in [3.8, 4) is 5.81 Å². The van der Waals surface area contributed by atoms with Crippen LogP contribution in [0.5, 0.6) is 0 Å². The third-order valence-electron chi connectivity index (χ3n) is 2.74. The van der Waals surface area contributed by atoms with Crippen LogP contribution in [0.25, 0.3) is 0 Å². The van der Waals surface area contributed by atoms with Crippen molar-refractivity contribution in [1.82, 2.24) is 4.67 Å². The average Bonchev–Trinajstić information content (AvgIpc) is 2.35. The highest BCUT2D eigenvalue weighted by atomic mass is 31.2. The van der Waals surface area contributed by atoms with Crippen molar-refractivity contribution in [1.29, 1.82) is 5.26 Å². The maximum Gasteiger partial charge on any atom is 0.371 e. The number of unbranched alkanes of at least 4 members (excludes halogenated alkanes) is 4. The molecule has 0 spiro atoms. The van der Waals surface area contributed by atoms with Crippen molar-refractivity contribution in [2.75, 3.05) is 19.7 Å². The van der Waals surface area contributed by atoms with Crippen LogP contribution in [0.3, 0.4) is 0 Å². The predicted octanol–water partition coefficient (Wildman–Crippen LogP) is 3.99. The quantitative estimate of drug-likeness (QED) is 0.440. The first-order valence-electron chi connectivity index (χ1n) is 6.55. The minimum atomic E-state index is -3.23. The molecule has 1 unspecified atom stereocenters. The van der Waals surface area contributed by atoms with Gasteiger partial charge in [0.2, 0.25) is 0 Å². The zero-order chi connectivity index (χ0) is 13.1. The van der Waals surface area contributed by atoms with Crippen molar-refractivity contribution < 1.29 is 9.09 Å². The van der Waals surface area contributed by atoms with Crippen molar-refractivity contribution >= 4 is 7.52 Å². The standard InChI is InChI=1S/C12H25N2O2P/c1-4-7-8-9-10-11-16-17(15,12-13)14(5-2)6-3/h4-11H2,1-3H3. The van der Waals surface area contributed by atoms with E-state index >= 15 is 0 Å². The smallest absolute Gasteiger partial charge is 0.307 e. The van der Waals surface area contributed by atoms with Gasteiger partial charge in [-0.1, -0.05) is 46.5 Å². The second-order valence-corrected chi connectivity index (χ2v) is 6.07. The maximum atomic E-state index is 12.2. The minimum absolute atomic E-state index is 0.422. The summed E-state index contributed by atoms with van der Waals surface area (Å²) < 4.78 is 19.1. The molecule has 0 N–H and O–H groups in total. The Hall–Kier alpha value is -0.360. The molecule has 5 heteroatoms. The van der Waals surface area contributed by atoms with Gasteiger partial charge in [0.25, 0.3) is 0 Å². The summed E-state index contributed by atoms with van der Waals surface area (Å²) in [5.41, 5.74) is 0. The predicted molar refractivity (Wildman–Crippen MR) is 70.9 cm³/mol. The topological polar surface area (TPSA) is 53.3 Å². The fourth-order valence-electron chi connectivity index (χ4n) is 1.66. The lowest BCUT2D eigenvalue weighted by Crippen LogP contribution is -2.20. The third-order valence-corrected chi connectivity index (χ3v) is 4.84. The van der Waals surface area contributed by atoms with E-state index in [2.05, 4.69) is 6.92 Å². The number of nitrogens with zero attached hydrogens (tertiary/aromatic N) is 2. The molecule has 0 aromatic rings. The van der Waals surface area contributed by atoms with E-state index in [4.69, 9.17) is 9.79 Å². The normalized spacial score (nSPS) is 14.5. The zero-order valence-corrected chi connectivity index (χ0v) is 12.2. The fraction of sp³-hybridized carbons (Fsp3) is 0.917. The second kappa shape index (κ2) is 9.65. The van der Waals surface area contributed by atoms with Crippen LogP contribution in [0.1, 0.15) is 52.9 Å². The molecule has 0 aromatic heterocycles. The Kier molecular flexibility index (Phi) is 9.44. The minimum Gasteiger partial charge on any atom is -0.307 e. The van der Waals surface area contributed by atoms with E-state index in [1.165, 1.54) is 19.3 Å². The molecule has 17 heavy (non-hydrogen) atoms. The fourth-order valence-corrected chi connectivity index (χ4v) is 3.13. The summed E-state index contributed by atoms with van der Waals surface area (Å²) in [7, 11) is -3.23. The molecule has 0 fully saturated rings. The van der Waals surface area contributed by atoms with E-state index in [-0.39, 0.29) is 0 Å². The van der Waals surface area contributed by atoms with E-state index < -0.39 is 7.52 Å². The van der Waals surface area contributed by atoms with Gasteiger partial charge in [0.15, 0.2) is 5.81 Å². The summed E-state index contributed by atoms with van der Waals surface area (Å²) in [5.74, 6) is 1.84. The van der Waals surface area contributed by atoms with E-state index in [1.54, 1.807) is 4.67 Å². The van der Waals surface area contributed by atoms with Crippen molar-refractivity contribution in [3.05, 3.63) is 0 Å². The Morgan fingerprint density at radius 2 is 1.71 bits per heavy atom. The first kappa shape index (κ1) is 16.6. The Bertz CT molecular complexity index is 272. The van der Waals surface area contributed by atoms with Crippen LogP contribution in [0.4, 0.5) is 0 Å². The molecular weight excluding hydrogens is 235 g/mol. The van der Waals surface area contributed by atoms with Gasteiger partial charge in [-0.15, -0.1) is 0 Å². The van der Waals surface area contributed by atoms with Crippen LogP contribution in [-0.4, -0.2) is 24.4 Å². The highest BCUT2D eigenvalue weighted by Gasteiger charge is 2.29. The SMILES string of the molecule is CCCCCCCOP(=O)(C#N)N(CC)CC. The summed E-state index contributed by atoms with van der Waals surface area (Å²) in [6.45, 7) is 7.52. The number of rotatable bonds is 10. The summed E-state index contributed by atoms with van der Waals surface area (Å²) in [4.78, 5) is 0. The van der Waals surface area contributed by atoms with E-state index in [0.717, 1.165) is 12.8 Å². The Morgan fingerprint density at radius 1 is 1.12 bits per heavy atom. The number of hydrogen-bond donors (Lipinski definition) is 0. The summed E-state index contributed by atoms with van der Waals surface area (Å²) in [6, 6.07) is 0. The molecule has 4 nitrogen and oxygen atoms in total. The van der Waals surface area contributed by atoms with Gasteiger partial charge in [0.05, 0.1) is 6.61 Å². The van der Waals surface area contributed by atoms with Crippen molar-refractivity contribution in [2.24, 2.45) is 0 Å². The lowest BCUT2D eigenvalue weighted by molar-refractivity contribution is 0.266. The van der Waals surface area contributed by atoms with Gasteiger partial charge >= 0.3 is 7.52 Å². The van der Waals surface area contributed by atoms with E-state index in [9.17, 15) is 4.57 Å². The summed E-state index contributed by atoms with van der Waals surface area (Å²) >= 11 is 0. The Balaban J connectivity index is 3.97. The van der Waals surface area contributed by atoms with E-state index in [1.807, 2.05) is 19.7 Å². The zero-order valence-electron chi connectivity index (χ0n) is 11.3. The first-order chi connectivity index (χ1) is 8.14. The summed E-state index contributed by atoms with van der Waals surface area (Å²) in [5, 5.41) is 8.98. The van der Waals surface area contributed by atoms with Crippen LogP contribution in [0.15, 0.2) is 0 Å². The molecule has 1 atom stereocenters. The highest BCUT2D eigenvalue weighted by molar-refractivity contribution is 7.61. The molecule has 0 amide bonds. The van der Waals surface area contributed by atoms with Crippen LogP contribution < -0.4 is 0 Å². The Morgan fingerprint density at radius 3 is 2.18 bits per heavy atom. The molecule has 0 heterocycles. The monoisotopic (exact) mass is 260 g/mol. The highest BCUT2D eigenvalue weighted by Crippen LogP contribution is 2.49. The third kappa shape index (κ3) is 6.21. The molecule has 0 radical (unpaired) electrons. The van der Waals surface area contributed by atoms with Gasteiger partial charge in [-0.3, -0.25) is 4.57 Å². The molecule has 0 aromatic carbocycles. The average molecular weight is 260 g/mol. The first-order valence-corrected chi connectivity index (χ1v) is 8.13. The van der Waals surface area contributed by atoms with Crippen LogP contribution >= 0.6 is 7.52 Å². The molecule has 0 aliphatic carbocycles. The van der Waals surface area contributed by atoms with Gasteiger partial charge in [0.1, 0.15) is 0 Å². The molecule has 0 saturated carbocycles. The van der Waals surface area contributed by atoms with Gasteiger partial charge in [-0.25, -0.2) is 4.67 Å². The maximum absolute atomic E-state index is 12.2. The lowest BCUT2D eigenvalue weighted by Gasteiger charge is -2.23.